The molecule has 0 fully saturated rings. The first-order valence-corrected chi connectivity index (χ1v) is 11.5. The van der Waals surface area contributed by atoms with Crippen LogP contribution in [-0.2, 0) is 14.6 Å². The lowest BCUT2D eigenvalue weighted by Gasteiger charge is -2.24. The molecule has 2 aliphatic heterocycles. The second-order valence-electron chi connectivity index (χ2n) is 6.94. The quantitative estimate of drug-likeness (QED) is 0.660. The van der Waals surface area contributed by atoms with Gasteiger partial charge in [-0.05, 0) is 42.0 Å². The Labute approximate surface area is 177 Å². The topological polar surface area (TPSA) is 90.9 Å². The minimum atomic E-state index is -3.81. The zero-order valence-corrected chi connectivity index (χ0v) is 17.5. The van der Waals surface area contributed by atoms with Crippen LogP contribution in [-0.4, -0.2) is 28.2 Å². The molecule has 5 rings (SSSR count). The van der Waals surface area contributed by atoms with Gasteiger partial charge in [0.15, 0.2) is 11.5 Å². The fourth-order valence-electron chi connectivity index (χ4n) is 3.68. The van der Waals surface area contributed by atoms with Crippen LogP contribution >= 0.6 is 11.3 Å². The molecule has 0 bridgehead atoms. The zero-order valence-electron chi connectivity index (χ0n) is 15.9. The van der Waals surface area contributed by atoms with Gasteiger partial charge in [-0.3, -0.25) is 4.79 Å². The van der Waals surface area contributed by atoms with E-state index < -0.39 is 9.84 Å². The average molecular weight is 444 g/mol. The Hall–Kier alpha value is -3.04. The Morgan fingerprint density at radius 3 is 2.63 bits per heavy atom. The summed E-state index contributed by atoms with van der Waals surface area (Å²) in [6.45, 7) is 0.165. The number of anilines is 1. The van der Waals surface area contributed by atoms with Crippen LogP contribution in [0, 0.1) is 0 Å². The van der Waals surface area contributed by atoms with Gasteiger partial charge in [-0.25, -0.2) is 8.42 Å². The van der Waals surface area contributed by atoms with E-state index in [1.807, 2.05) is 18.2 Å². The summed E-state index contributed by atoms with van der Waals surface area (Å²) in [5.41, 5.74) is 1.24. The molecule has 0 spiro atoms. The van der Waals surface area contributed by atoms with Crippen LogP contribution in [0.4, 0.5) is 5.69 Å². The van der Waals surface area contributed by atoms with E-state index in [0.29, 0.717) is 22.9 Å². The molecule has 0 unspecified atom stereocenters. The molecule has 1 N–H and O–H groups in total. The number of thiophene rings is 1. The number of rotatable bonds is 4. The predicted molar refractivity (Wildman–Crippen MR) is 110 cm³/mol. The van der Waals surface area contributed by atoms with Crippen LogP contribution in [0.15, 0.2) is 57.6 Å². The number of sulfone groups is 1. The van der Waals surface area contributed by atoms with Gasteiger partial charge >= 0.3 is 0 Å². The molecule has 0 saturated carbocycles. The first-order valence-electron chi connectivity index (χ1n) is 9.17. The molecular formula is C21H17NO6S2. The van der Waals surface area contributed by atoms with Crippen molar-refractivity contribution >= 4 is 32.8 Å². The molecule has 3 heterocycles. The van der Waals surface area contributed by atoms with Crippen LogP contribution in [0.1, 0.15) is 22.8 Å². The number of ether oxygens (including phenoxy) is 3. The number of amides is 1. The third-order valence-electron chi connectivity index (χ3n) is 5.21. The summed E-state index contributed by atoms with van der Waals surface area (Å²) >= 11 is 1.33. The highest BCUT2D eigenvalue weighted by Crippen LogP contribution is 2.47. The Bertz CT molecular complexity index is 1250. The van der Waals surface area contributed by atoms with Crippen molar-refractivity contribution in [1.29, 1.82) is 0 Å². The Morgan fingerprint density at radius 2 is 1.87 bits per heavy atom. The maximum Gasteiger partial charge on any atom is 0.231 e. The van der Waals surface area contributed by atoms with E-state index in [1.165, 1.54) is 30.6 Å². The summed E-state index contributed by atoms with van der Waals surface area (Å²) in [5.74, 6) is 1.37. The van der Waals surface area contributed by atoms with Gasteiger partial charge in [0.05, 0.1) is 17.7 Å². The van der Waals surface area contributed by atoms with Gasteiger partial charge in [-0.2, -0.15) is 0 Å². The summed E-state index contributed by atoms with van der Waals surface area (Å²) < 4.78 is 42.4. The van der Waals surface area contributed by atoms with Crippen molar-refractivity contribution in [3.8, 4) is 17.2 Å². The normalized spacial score (nSPS) is 17.4. The summed E-state index contributed by atoms with van der Waals surface area (Å²) in [5, 5.41) is 4.36. The Kier molecular flexibility index (Phi) is 4.44. The number of hydrogen-bond acceptors (Lipinski definition) is 7. The van der Waals surface area contributed by atoms with Crippen molar-refractivity contribution in [3.63, 3.8) is 0 Å². The van der Waals surface area contributed by atoms with E-state index in [-0.39, 0.29) is 34.8 Å². The molecule has 3 aromatic rings. The van der Waals surface area contributed by atoms with Crippen LogP contribution in [0.3, 0.4) is 0 Å². The predicted octanol–water partition coefficient (Wildman–Crippen LogP) is 3.79. The molecule has 154 valence electrons. The summed E-state index contributed by atoms with van der Waals surface area (Å²) in [7, 11) is -2.29. The van der Waals surface area contributed by atoms with Crippen molar-refractivity contribution in [3.05, 3.63) is 58.3 Å². The van der Waals surface area contributed by atoms with E-state index in [4.69, 9.17) is 14.2 Å². The zero-order chi connectivity index (χ0) is 20.9. The lowest BCUT2D eigenvalue weighted by atomic mass is 9.90. The molecule has 0 aliphatic carbocycles. The summed E-state index contributed by atoms with van der Waals surface area (Å²) in [4.78, 5) is 13.5. The minimum Gasteiger partial charge on any atom is -0.497 e. The van der Waals surface area contributed by atoms with Gasteiger partial charge in [0, 0.05) is 22.6 Å². The molecule has 30 heavy (non-hydrogen) atoms. The van der Waals surface area contributed by atoms with Crippen LogP contribution in [0.5, 0.6) is 17.2 Å². The largest absolute Gasteiger partial charge is 0.497 e. The lowest BCUT2D eigenvalue weighted by Crippen LogP contribution is -2.23. The van der Waals surface area contributed by atoms with Crippen molar-refractivity contribution < 1.29 is 27.4 Å². The van der Waals surface area contributed by atoms with E-state index >= 15 is 0 Å². The van der Waals surface area contributed by atoms with Crippen LogP contribution in [0.25, 0.3) is 0 Å². The fraction of sp³-hybridized carbons (Fsp3) is 0.190. The number of methoxy groups -OCH3 is 1. The number of nitrogens with one attached hydrogen (secondary N) is 1. The molecule has 2 aliphatic rings. The minimum absolute atomic E-state index is 0.103. The van der Waals surface area contributed by atoms with Gasteiger partial charge in [0.1, 0.15) is 10.6 Å². The highest BCUT2D eigenvalue weighted by molar-refractivity contribution is 7.91. The van der Waals surface area contributed by atoms with Gasteiger partial charge in [0.2, 0.25) is 22.5 Å². The van der Waals surface area contributed by atoms with E-state index in [2.05, 4.69) is 5.32 Å². The number of carbonyl (C=O) groups is 1. The maximum atomic E-state index is 13.2. The molecule has 1 aromatic heterocycles. The van der Waals surface area contributed by atoms with Crippen molar-refractivity contribution in [1.82, 2.24) is 0 Å². The molecule has 0 radical (unpaired) electrons. The number of benzene rings is 2. The van der Waals surface area contributed by atoms with Gasteiger partial charge in [-0.1, -0.05) is 6.07 Å². The second-order valence-corrected chi connectivity index (χ2v) is 9.77. The number of hydrogen-bond donors (Lipinski definition) is 1. The molecular weight excluding hydrogens is 426 g/mol. The highest BCUT2D eigenvalue weighted by atomic mass is 32.2. The van der Waals surface area contributed by atoms with E-state index in [0.717, 1.165) is 10.4 Å². The Balaban J connectivity index is 1.57. The van der Waals surface area contributed by atoms with Crippen LogP contribution in [0.2, 0.25) is 0 Å². The average Bonchev–Trinajstić information content (AvgIpc) is 3.39. The van der Waals surface area contributed by atoms with Crippen molar-refractivity contribution in [2.75, 3.05) is 19.2 Å². The fourth-order valence-corrected chi connectivity index (χ4v) is 6.59. The molecule has 9 heteroatoms. The highest BCUT2D eigenvalue weighted by Gasteiger charge is 2.35. The SMILES string of the molecule is COc1ccc(S(=O)(=O)c2csc3c2NC(=O)C[C@@H]3c2ccc3c(c2)OCO3)cc1. The van der Waals surface area contributed by atoms with E-state index in [9.17, 15) is 13.2 Å². The molecule has 2 aromatic carbocycles. The molecule has 7 nitrogen and oxygen atoms in total. The number of fused-ring (bicyclic) bond motifs is 2. The first-order chi connectivity index (χ1) is 14.5. The third-order valence-corrected chi connectivity index (χ3v) is 8.25. The number of carbonyl (C=O) groups excluding carboxylic acids is 1. The smallest absolute Gasteiger partial charge is 0.231 e. The summed E-state index contributed by atoms with van der Waals surface area (Å²) in [6, 6.07) is 11.7. The first kappa shape index (κ1) is 19.0. The van der Waals surface area contributed by atoms with Crippen molar-refractivity contribution in [2.45, 2.75) is 22.1 Å². The van der Waals surface area contributed by atoms with Crippen LogP contribution < -0.4 is 19.5 Å². The monoisotopic (exact) mass is 443 g/mol. The van der Waals surface area contributed by atoms with Crippen molar-refractivity contribution in [2.24, 2.45) is 0 Å². The van der Waals surface area contributed by atoms with Gasteiger partial charge in [-0.15, -0.1) is 11.3 Å². The third kappa shape index (κ3) is 3.01. The molecule has 0 saturated heterocycles. The summed E-state index contributed by atoms with van der Waals surface area (Å²) in [6.07, 6.45) is 0.231. The standard InChI is InChI=1S/C21H17NO6S2/c1-26-13-3-5-14(6-4-13)30(24,25)18-10-29-21-15(9-19(23)22-20(18)21)12-2-7-16-17(8-12)28-11-27-16/h2-8,10,15H,9,11H2,1H3,(H,22,23)/t15-/m1/s1. The second kappa shape index (κ2) is 7.03. The van der Waals surface area contributed by atoms with Gasteiger partial charge in [0.25, 0.3) is 0 Å². The maximum absolute atomic E-state index is 13.2. The molecule has 1 atom stereocenters. The van der Waals surface area contributed by atoms with Gasteiger partial charge < -0.3 is 19.5 Å². The Morgan fingerprint density at radius 1 is 1.10 bits per heavy atom. The molecule has 1 amide bonds. The van der Waals surface area contributed by atoms with E-state index in [1.54, 1.807) is 17.5 Å². The lowest BCUT2D eigenvalue weighted by molar-refractivity contribution is -0.116.